The van der Waals surface area contributed by atoms with Gasteiger partial charge in [0.05, 0.1) is 4.83 Å². The molecule has 0 unspecified atom stereocenters. The van der Waals surface area contributed by atoms with Crippen LogP contribution in [0.4, 0.5) is 0 Å². The van der Waals surface area contributed by atoms with Crippen LogP contribution in [0.25, 0.3) is 0 Å². The molecule has 1 aliphatic rings. The van der Waals surface area contributed by atoms with E-state index in [0.717, 1.165) is 0 Å². The van der Waals surface area contributed by atoms with E-state index in [2.05, 4.69) is 239 Å². The van der Waals surface area contributed by atoms with Crippen LogP contribution in [-0.2, 0) is 0 Å². The highest BCUT2D eigenvalue weighted by Gasteiger charge is 2.81. The van der Waals surface area contributed by atoms with Gasteiger partial charge < -0.3 is 0 Å². The second-order valence-electron chi connectivity index (χ2n) is 4.48. The van der Waals surface area contributed by atoms with Crippen LogP contribution >= 0.6 is 239 Å². The minimum absolute atomic E-state index is 0.236. The summed E-state index contributed by atoms with van der Waals surface area (Å²) in [4.78, 5) is -0.236. The van der Waals surface area contributed by atoms with Crippen molar-refractivity contribution in [2.75, 3.05) is 0 Å². The molecule has 1 aliphatic carbocycles. The van der Waals surface area contributed by atoms with Gasteiger partial charge in [-0.1, -0.05) is 239 Å². The molecule has 0 aliphatic heterocycles. The van der Waals surface area contributed by atoms with E-state index in [9.17, 15) is 0 Å². The van der Waals surface area contributed by atoms with Gasteiger partial charge in [-0.05, 0) is 0 Å². The number of hydrogen-bond acceptors (Lipinski definition) is 0. The van der Waals surface area contributed by atoms with Gasteiger partial charge in [0.1, 0.15) is 22.6 Å². The third-order valence-corrected chi connectivity index (χ3v) is 35.9. The van der Waals surface area contributed by atoms with Crippen LogP contribution in [0.3, 0.4) is 0 Å². The predicted molar refractivity (Wildman–Crippen MR) is 157 cm³/mol. The molecule has 0 atom stereocenters. The van der Waals surface area contributed by atoms with Gasteiger partial charge in [0, 0.05) is 0 Å². The molecule has 0 heterocycles. The van der Waals surface area contributed by atoms with Gasteiger partial charge in [0.2, 0.25) is 0 Å². The van der Waals surface area contributed by atoms with Gasteiger partial charge in [-0.25, -0.2) is 0 Å². The SMILES string of the molecule is BrC1C(Br)(Br)C(Br)(Br)C(Br)(Br)C(Br)(Br)C(Br)(Br)C(Br)(Br)C1(Br)Br. The standard InChI is InChI=1S/C8HBr15/c9-1-2(10,11)4(14,15)6(18,19)8(22,23)7(20,21)5(16,17)3(1,12)13/h1H. The van der Waals surface area contributed by atoms with Crippen LogP contribution in [0.5, 0.6) is 0 Å². The Kier molecular flexibility index (Phi) is 10.5. The van der Waals surface area contributed by atoms with Crippen LogP contribution in [0.15, 0.2) is 0 Å². The maximum atomic E-state index is 3.81. The maximum absolute atomic E-state index is 3.81. The van der Waals surface area contributed by atoms with E-state index in [0.29, 0.717) is 0 Å². The van der Waals surface area contributed by atoms with Crippen molar-refractivity contribution < 1.29 is 0 Å². The smallest absolute Gasteiger partial charge is 0.0839 e. The summed E-state index contributed by atoms with van der Waals surface area (Å²) in [5, 5.41) is 0. The Morgan fingerprint density at radius 3 is 0.739 bits per heavy atom. The molecule has 0 saturated heterocycles. The third kappa shape index (κ3) is 4.03. The Morgan fingerprint density at radius 2 is 0.522 bits per heavy atom. The van der Waals surface area contributed by atoms with Gasteiger partial charge in [-0.15, -0.1) is 0 Å². The second-order valence-corrected chi connectivity index (χ2v) is 29.7. The molecule has 0 amide bonds. The molecule has 0 aromatic rings. The summed E-state index contributed by atoms with van der Waals surface area (Å²) in [7, 11) is 0. The van der Waals surface area contributed by atoms with Crippen molar-refractivity contribution in [1.29, 1.82) is 0 Å². The Hall–Kier alpha value is 7.20. The molecule has 0 aromatic heterocycles. The lowest BCUT2D eigenvalue weighted by Crippen LogP contribution is -2.73. The average Bonchev–Trinajstić information content (AvgIpc) is 2.35. The number of hydrogen-bond donors (Lipinski definition) is 0. The average molecular weight is 1300 g/mol. The first-order chi connectivity index (χ1) is 9.65. The topological polar surface area (TPSA) is 0 Å². The normalized spacial score (nSPS) is 33.5. The number of rotatable bonds is 0. The molecule has 15 heteroatoms. The van der Waals surface area contributed by atoms with E-state index >= 15 is 0 Å². The summed E-state index contributed by atoms with van der Waals surface area (Å²) >= 11 is 57.0. The lowest BCUT2D eigenvalue weighted by molar-refractivity contribution is 0.509. The number of alkyl halides is 15. The third-order valence-electron chi connectivity index (χ3n) is 3.05. The first-order valence-electron chi connectivity index (χ1n) is 4.94. The van der Waals surface area contributed by atoms with Gasteiger partial charge in [0.25, 0.3) is 0 Å². The van der Waals surface area contributed by atoms with Crippen LogP contribution in [-0.4, -0.2) is 27.5 Å². The number of halogens is 15. The van der Waals surface area contributed by atoms with Crippen molar-refractivity contribution in [2.45, 2.75) is 27.5 Å². The van der Waals surface area contributed by atoms with E-state index in [-0.39, 0.29) is 4.83 Å². The summed E-state index contributed by atoms with van der Waals surface area (Å²) in [6, 6.07) is 0. The van der Waals surface area contributed by atoms with E-state index in [1.807, 2.05) is 0 Å². The van der Waals surface area contributed by atoms with E-state index in [1.165, 1.54) is 0 Å². The Labute approximate surface area is 260 Å². The summed E-state index contributed by atoms with van der Waals surface area (Å²) < 4.78 is -5.45. The van der Waals surface area contributed by atoms with Crippen molar-refractivity contribution in [1.82, 2.24) is 0 Å². The minimum Gasteiger partial charge on any atom is -0.0839 e. The largest absolute Gasteiger partial charge is 0.135 e. The molecule has 0 aromatic carbocycles. The molecule has 138 valence electrons. The molecule has 0 bridgehead atoms. The fraction of sp³-hybridized carbons (Fsp3) is 1.00. The van der Waals surface area contributed by atoms with Gasteiger partial charge in [-0.2, -0.15) is 0 Å². The molecule has 0 nitrogen and oxygen atoms in total. The van der Waals surface area contributed by atoms with E-state index in [1.54, 1.807) is 0 Å². The Morgan fingerprint density at radius 1 is 0.348 bits per heavy atom. The molecule has 1 saturated carbocycles. The first kappa shape index (κ1) is 28.2. The quantitative estimate of drug-likeness (QED) is 0.212. The van der Waals surface area contributed by atoms with Crippen molar-refractivity contribution in [3.8, 4) is 0 Å². The molecular formula is C8HBr15. The van der Waals surface area contributed by atoms with Crippen molar-refractivity contribution in [3.63, 3.8) is 0 Å². The molecule has 0 radical (unpaired) electrons. The summed E-state index contributed by atoms with van der Waals surface area (Å²) in [5.41, 5.74) is 0. The van der Waals surface area contributed by atoms with Crippen molar-refractivity contribution in [3.05, 3.63) is 0 Å². The molecule has 23 heavy (non-hydrogen) atoms. The highest BCUT2D eigenvalue weighted by atomic mass is 79.9. The lowest BCUT2D eigenvalue weighted by atomic mass is 9.99. The predicted octanol–water partition coefficient (Wildman–Crippen LogP) is 11.2. The Bertz CT molecular complexity index is 446. The fourth-order valence-electron chi connectivity index (χ4n) is 1.56. The van der Waals surface area contributed by atoms with E-state index < -0.39 is 22.6 Å². The summed E-state index contributed by atoms with van der Waals surface area (Å²) in [6.45, 7) is 0. The highest BCUT2D eigenvalue weighted by Crippen LogP contribution is 2.80. The van der Waals surface area contributed by atoms with Crippen molar-refractivity contribution in [2.24, 2.45) is 0 Å². The second kappa shape index (κ2) is 8.52. The molecular weight excluding hydrogens is 1290 g/mol. The minimum atomic E-state index is -0.827. The molecule has 0 N–H and O–H groups in total. The Balaban J connectivity index is 3.95. The monoisotopic (exact) mass is 1280 g/mol. The van der Waals surface area contributed by atoms with Gasteiger partial charge in [0.15, 0.2) is 0 Å². The van der Waals surface area contributed by atoms with Crippen molar-refractivity contribution >= 4 is 239 Å². The van der Waals surface area contributed by atoms with Crippen LogP contribution in [0.1, 0.15) is 0 Å². The molecule has 0 spiro atoms. The molecule has 1 fully saturated rings. The maximum Gasteiger partial charge on any atom is 0.135 e. The highest BCUT2D eigenvalue weighted by molar-refractivity contribution is 9.37. The van der Waals surface area contributed by atoms with Crippen LogP contribution < -0.4 is 0 Å². The summed E-state index contributed by atoms with van der Waals surface area (Å²) in [5.74, 6) is 0. The van der Waals surface area contributed by atoms with Gasteiger partial charge >= 0.3 is 0 Å². The van der Waals surface area contributed by atoms with Gasteiger partial charge in [-0.3, -0.25) is 0 Å². The fourth-order valence-corrected chi connectivity index (χ4v) is 18.3. The zero-order chi connectivity index (χ0) is 19.1. The zero-order valence-electron chi connectivity index (χ0n) is 9.75. The summed E-state index contributed by atoms with van der Waals surface area (Å²) in [6.07, 6.45) is 0. The van der Waals surface area contributed by atoms with E-state index in [4.69, 9.17) is 0 Å². The van der Waals surface area contributed by atoms with Crippen LogP contribution in [0, 0.1) is 0 Å². The van der Waals surface area contributed by atoms with Crippen LogP contribution in [0.2, 0.25) is 0 Å². The lowest BCUT2D eigenvalue weighted by Gasteiger charge is -2.62. The first-order valence-corrected chi connectivity index (χ1v) is 17.0. The zero-order valence-corrected chi connectivity index (χ0v) is 33.5. The molecule has 1 rings (SSSR count).